The molecule has 1 atom stereocenters. The summed E-state index contributed by atoms with van der Waals surface area (Å²) in [6, 6.07) is 0. The highest BCUT2D eigenvalue weighted by Crippen LogP contribution is 2.08. The van der Waals surface area contributed by atoms with E-state index in [1.165, 1.54) is 4.90 Å². The van der Waals surface area contributed by atoms with E-state index in [0.29, 0.717) is 19.6 Å². The Balaban J connectivity index is 2.49. The van der Waals surface area contributed by atoms with Gasteiger partial charge in [-0.2, -0.15) is 0 Å². The maximum Gasteiger partial charge on any atom is 0.413 e. The van der Waals surface area contributed by atoms with Crippen molar-refractivity contribution in [2.45, 2.75) is 25.9 Å². The van der Waals surface area contributed by atoms with E-state index in [9.17, 15) is 9.90 Å². The smallest absolute Gasteiger partial charge is 0.413 e. The topological polar surface area (TPSA) is 49.8 Å². The summed E-state index contributed by atoms with van der Waals surface area (Å²) in [7, 11) is 0. The van der Waals surface area contributed by atoms with E-state index in [4.69, 9.17) is 4.74 Å². The van der Waals surface area contributed by atoms with Crippen LogP contribution in [0.4, 0.5) is 4.79 Å². The Morgan fingerprint density at radius 1 is 1.77 bits per heavy atom. The van der Waals surface area contributed by atoms with Gasteiger partial charge in [0, 0.05) is 12.7 Å². The summed E-state index contributed by atoms with van der Waals surface area (Å²) >= 11 is 0. The lowest BCUT2D eigenvalue weighted by Crippen LogP contribution is -2.26. The summed E-state index contributed by atoms with van der Waals surface area (Å²) in [5, 5.41) is 9.25. The van der Waals surface area contributed by atoms with E-state index < -0.39 is 6.10 Å². The van der Waals surface area contributed by atoms with Crippen LogP contribution in [-0.4, -0.2) is 35.4 Å². The second kappa shape index (κ2) is 4.87. The van der Waals surface area contributed by atoms with Crippen LogP contribution in [0.2, 0.25) is 0 Å². The van der Waals surface area contributed by atoms with Gasteiger partial charge in [0.05, 0.1) is 12.7 Å². The molecule has 1 rings (SSSR count). The van der Waals surface area contributed by atoms with Crippen molar-refractivity contribution in [3.05, 3.63) is 12.3 Å². The standard InChI is InChI=1S/C9H15NO3/c1-2-13-9(12)10-6-3-4-8(11)5-7-10/h5,7-8,11H,2-4,6H2,1H3. The van der Waals surface area contributed by atoms with Crippen molar-refractivity contribution in [2.24, 2.45) is 0 Å². The zero-order valence-electron chi connectivity index (χ0n) is 7.77. The maximum absolute atomic E-state index is 11.2. The largest absolute Gasteiger partial charge is 0.449 e. The minimum Gasteiger partial charge on any atom is -0.449 e. The molecule has 1 aliphatic heterocycles. The van der Waals surface area contributed by atoms with Crippen LogP contribution >= 0.6 is 0 Å². The highest BCUT2D eigenvalue weighted by atomic mass is 16.6. The van der Waals surface area contributed by atoms with Gasteiger partial charge in [0.15, 0.2) is 0 Å². The molecule has 0 fully saturated rings. The minimum absolute atomic E-state index is 0.340. The molecule has 0 aromatic carbocycles. The van der Waals surface area contributed by atoms with Crippen LogP contribution in [0.15, 0.2) is 12.3 Å². The molecule has 1 heterocycles. The van der Waals surface area contributed by atoms with Crippen molar-refractivity contribution < 1.29 is 14.6 Å². The van der Waals surface area contributed by atoms with Gasteiger partial charge in [0.25, 0.3) is 0 Å². The number of nitrogens with zero attached hydrogens (tertiary/aromatic N) is 1. The lowest BCUT2D eigenvalue weighted by Gasteiger charge is -2.15. The van der Waals surface area contributed by atoms with Crippen molar-refractivity contribution >= 4 is 6.09 Å². The predicted molar refractivity (Wildman–Crippen MR) is 48.1 cm³/mol. The number of carbonyl (C=O) groups is 1. The number of aliphatic hydroxyl groups excluding tert-OH is 1. The van der Waals surface area contributed by atoms with Crippen LogP contribution in [0, 0.1) is 0 Å². The molecule has 4 heteroatoms. The molecule has 74 valence electrons. The maximum atomic E-state index is 11.2. The van der Waals surface area contributed by atoms with Crippen molar-refractivity contribution in [3.63, 3.8) is 0 Å². The van der Waals surface area contributed by atoms with Crippen molar-refractivity contribution in [2.75, 3.05) is 13.2 Å². The molecule has 0 aromatic heterocycles. The van der Waals surface area contributed by atoms with Crippen molar-refractivity contribution in [1.82, 2.24) is 4.90 Å². The van der Waals surface area contributed by atoms with Gasteiger partial charge in [-0.1, -0.05) is 0 Å². The molecule has 1 N–H and O–H groups in total. The fraction of sp³-hybridized carbons (Fsp3) is 0.667. The number of carbonyl (C=O) groups excluding carboxylic acids is 1. The average Bonchev–Trinajstić information content (AvgIpc) is 2.30. The second-order valence-corrected chi connectivity index (χ2v) is 2.94. The first kappa shape index (κ1) is 10.1. The molecular weight excluding hydrogens is 170 g/mol. The quantitative estimate of drug-likeness (QED) is 0.665. The highest BCUT2D eigenvalue weighted by Gasteiger charge is 2.14. The fourth-order valence-electron chi connectivity index (χ4n) is 1.20. The fourth-order valence-corrected chi connectivity index (χ4v) is 1.20. The van der Waals surface area contributed by atoms with Crippen molar-refractivity contribution in [1.29, 1.82) is 0 Å². The van der Waals surface area contributed by atoms with Gasteiger partial charge in [-0.05, 0) is 25.8 Å². The molecule has 1 aliphatic rings. The molecule has 1 amide bonds. The number of ether oxygens (including phenoxy) is 1. The Labute approximate surface area is 77.8 Å². The van der Waals surface area contributed by atoms with Crippen LogP contribution in [0.25, 0.3) is 0 Å². The van der Waals surface area contributed by atoms with E-state index in [0.717, 1.165) is 6.42 Å². The van der Waals surface area contributed by atoms with Gasteiger partial charge >= 0.3 is 6.09 Å². The van der Waals surface area contributed by atoms with Crippen LogP contribution in [0.3, 0.4) is 0 Å². The number of rotatable bonds is 1. The molecule has 0 bridgehead atoms. The van der Waals surface area contributed by atoms with Crippen LogP contribution in [-0.2, 0) is 4.74 Å². The molecule has 0 radical (unpaired) electrons. The Morgan fingerprint density at radius 3 is 3.23 bits per heavy atom. The third kappa shape index (κ3) is 3.06. The predicted octanol–water partition coefficient (Wildman–Crippen LogP) is 1.11. The first-order valence-corrected chi connectivity index (χ1v) is 4.54. The lowest BCUT2D eigenvalue weighted by molar-refractivity contribution is 0.122. The van der Waals surface area contributed by atoms with Crippen molar-refractivity contribution in [3.8, 4) is 0 Å². The summed E-state index contributed by atoms with van der Waals surface area (Å²) in [5.41, 5.74) is 0. The minimum atomic E-state index is -0.431. The van der Waals surface area contributed by atoms with E-state index in [1.807, 2.05) is 0 Å². The summed E-state index contributed by atoms with van der Waals surface area (Å²) in [5.74, 6) is 0. The van der Waals surface area contributed by atoms with Crippen LogP contribution in [0.5, 0.6) is 0 Å². The van der Waals surface area contributed by atoms with Crippen LogP contribution in [0.1, 0.15) is 19.8 Å². The van der Waals surface area contributed by atoms with E-state index in [-0.39, 0.29) is 6.09 Å². The third-order valence-electron chi connectivity index (χ3n) is 1.89. The van der Waals surface area contributed by atoms with Gasteiger partial charge in [-0.15, -0.1) is 0 Å². The van der Waals surface area contributed by atoms with Gasteiger partial charge in [0.2, 0.25) is 0 Å². The number of hydrogen-bond donors (Lipinski definition) is 1. The first-order chi connectivity index (χ1) is 6.24. The van der Waals surface area contributed by atoms with E-state index in [1.54, 1.807) is 19.2 Å². The summed E-state index contributed by atoms with van der Waals surface area (Å²) in [4.78, 5) is 12.7. The molecule has 0 saturated heterocycles. The normalized spacial score (nSPS) is 22.6. The molecule has 1 unspecified atom stereocenters. The molecule has 13 heavy (non-hydrogen) atoms. The zero-order valence-corrected chi connectivity index (χ0v) is 7.77. The number of aliphatic hydroxyl groups is 1. The first-order valence-electron chi connectivity index (χ1n) is 4.54. The van der Waals surface area contributed by atoms with Gasteiger partial charge in [-0.3, -0.25) is 4.90 Å². The Hall–Kier alpha value is -1.03. The number of amides is 1. The SMILES string of the molecule is CCOC(=O)N1C=CC(O)CCC1. The average molecular weight is 185 g/mol. The summed E-state index contributed by atoms with van der Waals surface area (Å²) in [6.07, 6.45) is 3.94. The Kier molecular flexibility index (Phi) is 3.76. The second-order valence-electron chi connectivity index (χ2n) is 2.94. The van der Waals surface area contributed by atoms with E-state index in [2.05, 4.69) is 0 Å². The molecule has 4 nitrogen and oxygen atoms in total. The number of hydrogen-bond acceptors (Lipinski definition) is 3. The molecule has 0 aliphatic carbocycles. The molecule has 0 aromatic rings. The zero-order chi connectivity index (χ0) is 9.68. The lowest BCUT2D eigenvalue weighted by atomic mass is 10.2. The van der Waals surface area contributed by atoms with E-state index >= 15 is 0 Å². The monoisotopic (exact) mass is 185 g/mol. The third-order valence-corrected chi connectivity index (χ3v) is 1.89. The Morgan fingerprint density at radius 2 is 2.54 bits per heavy atom. The van der Waals surface area contributed by atoms with Gasteiger partial charge < -0.3 is 9.84 Å². The van der Waals surface area contributed by atoms with Crippen LogP contribution < -0.4 is 0 Å². The molecule has 0 spiro atoms. The molecular formula is C9H15NO3. The highest BCUT2D eigenvalue weighted by molar-refractivity contribution is 5.68. The Bertz CT molecular complexity index is 203. The van der Waals surface area contributed by atoms with Gasteiger partial charge in [0.1, 0.15) is 0 Å². The summed E-state index contributed by atoms with van der Waals surface area (Å²) < 4.78 is 4.83. The van der Waals surface area contributed by atoms with Gasteiger partial charge in [-0.25, -0.2) is 4.79 Å². The summed E-state index contributed by atoms with van der Waals surface area (Å²) in [6.45, 7) is 2.77. The molecule has 0 saturated carbocycles.